The summed E-state index contributed by atoms with van der Waals surface area (Å²) in [6, 6.07) is 4.25. The molecule has 0 saturated carbocycles. The van der Waals surface area contributed by atoms with Crippen molar-refractivity contribution < 1.29 is 19.0 Å². The highest BCUT2D eigenvalue weighted by Crippen LogP contribution is 2.38. The molecule has 0 amide bonds. The van der Waals surface area contributed by atoms with Gasteiger partial charge in [0, 0.05) is 30.9 Å². The first-order valence-electron chi connectivity index (χ1n) is 9.01. The number of rotatable bonds is 7. The third-order valence-corrected chi connectivity index (χ3v) is 3.90. The predicted molar refractivity (Wildman–Crippen MR) is 104 cm³/mol. The van der Waals surface area contributed by atoms with Gasteiger partial charge in [-0.1, -0.05) is 0 Å². The van der Waals surface area contributed by atoms with Gasteiger partial charge in [-0.2, -0.15) is 0 Å². The molecule has 8 nitrogen and oxygen atoms in total. The van der Waals surface area contributed by atoms with Crippen LogP contribution in [0.2, 0.25) is 0 Å². The van der Waals surface area contributed by atoms with Gasteiger partial charge in [0.1, 0.15) is 18.1 Å². The fourth-order valence-electron chi connectivity index (χ4n) is 2.68. The SMILES string of the molecule is CNCCOc1c(N=c2ccn3c(n2)C(=CO)CN3)cc(F)cc1OC(C)C. The Morgan fingerprint density at radius 2 is 2.29 bits per heavy atom. The number of fused-ring (bicyclic) bond motifs is 1. The van der Waals surface area contributed by atoms with Gasteiger partial charge in [-0.25, -0.2) is 19.0 Å². The molecule has 1 aliphatic heterocycles. The first-order valence-corrected chi connectivity index (χ1v) is 9.01. The maximum Gasteiger partial charge on any atom is 0.187 e. The van der Waals surface area contributed by atoms with Crippen LogP contribution in [0, 0.1) is 5.82 Å². The highest BCUT2D eigenvalue weighted by molar-refractivity contribution is 5.64. The molecule has 1 aliphatic rings. The summed E-state index contributed by atoms with van der Waals surface area (Å²) in [5.41, 5.74) is 4.32. The quantitative estimate of drug-likeness (QED) is 0.496. The summed E-state index contributed by atoms with van der Waals surface area (Å²) >= 11 is 0. The lowest BCUT2D eigenvalue weighted by atomic mass is 10.2. The average Bonchev–Trinajstić information content (AvgIpc) is 3.05. The molecule has 150 valence electrons. The molecule has 28 heavy (non-hydrogen) atoms. The van der Waals surface area contributed by atoms with Crippen molar-refractivity contribution in [3.63, 3.8) is 0 Å². The monoisotopic (exact) mass is 389 g/mol. The van der Waals surface area contributed by atoms with E-state index in [0.717, 1.165) is 6.26 Å². The molecule has 0 radical (unpaired) electrons. The Kier molecular flexibility index (Phi) is 6.15. The van der Waals surface area contributed by atoms with Crippen molar-refractivity contribution in [1.29, 1.82) is 0 Å². The van der Waals surface area contributed by atoms with E-state index in [0.29, 0.717) is 42.3 Å². The van der Waals surface area contributed by atoms with E-state index in [1.54, 1.807) is 16.9 Å². The normalized spacial score (nSPS) is 15.0. The van der Waals surface area contributed by atoms with Gasteiger partial charge in [-0.05, 0) is 20.9 Å². The van der Waals surface area contributed by atoms with E-state index in [1.807, 2.05) is 20.9 Å². The summed E-state index contributed by atoms with van der Waals surface area (Å²) in [7, 11) is 1.82. The maximum atomic E-state index is 14.2. The Morgan fingerprint density at radius 3 is 3.00 bits per heavy atom. The van der Waals surface area contributed by atoms with Crippen LogP contribution in [0.1, 0.15) is 19.7 Å². The second-order valence-electron chi connectivity index (χ2n) is 6.45. The van der Waals surface area contributed by atoms with Crippen LogP contribution in [-0.4, -0.2) is 47.6 Å². The topological polar surface area (TPSA) is 92.9 Å². The molecule has 0 unspecified atom stereocenters. The minimum atomic E-state index is -0.483. The highest BCUT2D eigenvalue weighted by atomic mass is 19.1. The number of aromatic nitrogens is 2. The van der Waals surface area contributed by atoms with Gasteiger partial charge in [0.05, 0.1) is 24.5 Å². The summed E-state index contributed by atoms with van der Waals surface area (Å²) in [5, 5.41) is 12.3. The first kappa shape index (κ1) is 19.7. The maximum absolute atomic E-state index is 14.2. The molecular weight excluding hydrogens is 365 g/mol. The molecule has 0 atom stereocenters. The van der Waals surface area contributed by atoms with Gasteiger partial charge in [0.2, 0.25) is 0 Å². The van der Waals surface area contributed by atoms with Crippen LogP contribution in [0.3, 0.4) is 0 Å². The minimum Gasteiger partial charge on any atom is -0.515 e. The number of likely N-dealkylation sites (N-methyl/N-ethyl adjacent to an activating group) is 1. The third-order valence-electron chi connectivity index (χ3n) is 3.90. The smallest absolute Gasteiger partial charge is 0.187 e. The Morgan fingerprint density at radius 1 is 1.46 bits per heavy atom. The lowest BCUT2D eigenvalue weighted by Gasteiger charge is -2.17. The number of nitrogens with one attached hydrogen (secondary N) is 2. The van der Waals surface area contributed by atoms with Gasteiger partial charge in [-0.15, -0.1) is 0 Å². The largest absolute Gasteiger partial charge is 0.515 e. The molecule has 3 N–H and O–H groups in total. The van der Waals surface area contributed by atoms with Crippen molar-refractivity contribution in [2.75, 3.05) is 32.2 Å². The van der Waals surface area contributed by atoms with Crippen molar-refractivity contribution in [2.24, 2.45) is 4.99 Å². The molecule has 0 fully saturated rings. The molecule has 0 saturated heterocycles. The Balaban J connectivity index is 2.07. The van der Waals surface area contributed by atoms with Gasteiger partial charge in [0.15, 0.2) is 22.8 Å². The molecule has 0 spiro atoms. The van der Waals surface area contributed by atoms with Crippen LogP contribution in [-0.2, 0) is 0 Å². The summed E-state index contributed by atoms with van der Waals surface area (Å²) in [6.45, 7) is 5.15. The van der Waals surface area contributed by atoms with E-state index in [9.17, 15) is 9.50 Å². The fraction of sp³-hybridized carbons (Fsp3) is 0.368. The van der Waals surface area contributed by atoms with Crippen LogP contribution in [0.25, 0.3) is 5.57 Å². The van der Waals surface area contributed by atoms with Gasteiger partial charge < -0.3 is 25.3 Å². The van der Waals surface area contributed by atoms with E-state index in [-0.39, 0.29) is 17.5 Å². The number of aliphatic hydroxyl groups is 1. The highest BCUT2D eigenvalue weighted by Gasteiger charge is 2.17. The number of halogens is 1. The summed E-state index contributed by atoms with van der Waals surface area (Å²) < 4.78 is 27.4. The summed E-state index contributed by atoms with van der Waals surface area (Å²) in [4.78, 5) is 8.90. The van der Waals surface area contributed by atoms with Crippen molar-refractivity contribution in [2.45, 2.75) is 20.0 Å². The summed E-state index contributed by atoms with van der Waals surface area (Å²) in [5.74, 6) is 0.703. The number of benzene rings is 1. The van der Waals surface area contributed by atoms with Crippen LogP contribution < -0.4 is 25.7 Å². The van der Waals surface area contributed by atoms with Gasteiger partial charge >= 0.3 is 0 Å². The molecule has 0 aliphatic carbocycles. The second kappa shape index (κ2) is 8.75. The van der Waals surface area contributed by atoms with Crippen molar-refractivity contribution >= 4 is 11.3 Å². The molecular formula is C19H24FN5O3. The number of ether oxygens (including phenoxy) is 2. The molecule has 9 heteroatoms. The zero-order valence-corrected chi connectivity index (χ0v) is 16.1. The van der Waals surface area contributed by atoms with Crippen LogP contribution in [0.15, 0.2) is 35.7 Å². The van der Waals surface area contributed by atoms with E-state index in [1.165, 1.54) is 12.1 Å². The van der Waals surface area contributed by atoms with Crippen molar-refractivity contribution in [3.8, 4) is 11.5 Å². The Bertz CT molecular complexity index is 940. The predicted octanol–water partition coefficient (Wildman–Crippen LogP) is 2.10. The number of aliphatic hydroxyl groups excluding tert-OH is 1. The number of hydrogen-bond acceptors (Lipinski definition) is 7. The fourth-order valence-corrected chi connectivity index (χ4v) is 2.68. The molecule has 3 rings (SSSR count). The van der Waals surface area contributed by atoms with Crippen molar-refractivity contribution in [3.05, 3.63) is 47.8 Å². The lowest BCUT2D eigenvalue weighted by molar-refractivity contribution is 0.221. The molecule has 1 aromatic carbocycles. The zero-order valence-electron chi connectivity index (χ0n) is 16.1. The molecule has 1 aromatic heterocycles. The number of nitrogens with zero attached hydrogens (tertiary/aromatic N) is 3. The van der Waals surface area contributed by atoms with E-state index in [2.05, 4.69) is 20.7 Å². The van der Waals surface area contributed by atoms with Crippen LogP contribution in [0.5, 0.6) is 11.5 Å². The van der Waals surface area contributed by atoms with Gasteiger partial charge in [-0.3, -0.25) is 0 Å². The standard InChI is InChI=1S/C19H24FN5O3/c1-12(2)28-16-9-14(20)8-15(18(16)27-7-5-21-3)23-17-4-6-25-19(24-17)13(11-26)10-22-25/h4,6,8-9,11-12,21-22,26H,5,7,10H2,1-3H3. The average molecular weight is 389 g/mol. The van der Waals surface area contributed by atoms with E-state index >= 15 is 0 Å². The second-order valence-corrected chi connectivity index (χ2v) is 6.45. The third kappa shape index (κ3) is 4.42. The van der Waals surface area contributed by atoms with Crippen LogP contribution >= 0.6 is 0 Å². The van der Waals surface area contributed by atoms with Crippen molar-refractivity contribution in [1.82, 2.24) is 15.0 Å². The molecule has 2 aromatic rings. The minimum absolute atomic E-state index is 0.154. The van der Waals surface area contributed by atoms with E-state index in [4.69, 9.17) is 9.47 Å². The Hall–Kier alpha value is -3.07. The van der Waals surface area contributed by atoms with Gasteiger partial charge in [0.25, 0.3) is 0 Å². The number of hydrogen-bond donors (Lipinski definition) is 3. The summed E-state index contributed by atoms with van der Waals surface area (Å²) in [6.07, 6.45) is 2.59. The van der Waals surface area contributed by atoms with E-state index < -0.39 is 5.82 Å². The first-order chi connectivity index (χ1) is 13.5. The Labute approximate surface area is 162 Å². The van der Waals surface area contributed by atoms with Crippen LogP contribution in [0.4, 0.5) is 10.1 Å². The lowest BCUT2D eigenvalue weighted by Crippen LogP contribution is -2.17. The molecule has 0 bridgehead atoms. The molecule has 2 heterocycles. The zero-order chi connectivity index (χ0) is 20.1.